The van der Waals surface area contributed by atoms with Gasteiger partial charge in [-0.25, -0.2) is 0 Å². The van der Waals surface area contributed by atoms with Crippen LogP contribution in [0.5, 0.6) is 5.75 Å². The Balaban J connectivity index is 1.93. The number of carbonyl (C=O) groups is 2. The second-order valence-corrected chi connectivity index (χ2v) is 6.10. The van der Waals surface area contributed by atoms with Gasteiger partial charge in [-0.05, 0) is 35.9 Å². The number of methoxy groups -OCH3 is 1. The van der Waals surface area contributed by atoms with E-state index in [1.54, 1.807) is 6.07 Å². The lowest BCUT2D eigenvalue weighted by Gasteiger charge is -2.10. The molecular formula is C19H19ClF2N2O4. The predicted octanol–water partition coefficient (Wildman–Crippen LogP) is 3.50. The van der Waals surface area contributed by atoms with Crippen LogP contribution in [0.3, 0.4) is 0 Å². The maximum atomic E-state index is 12.2. The minimum atomic E-state index is -2.90. The van der Waals surface area contributed by atoms with Crippen LogP contribution >= 0.6 is 11.6 Å². The number of benzene rings is 2. The van der Waals surface area contributed by atoms with Crippen LogP contribution in [0.15, 0.2) is 42.5 Å². The molecule has 0 atom stereocenters. The summed E-state index contributed by atoms with van der Waals surface area (Å²) in [6.45, 7) is -2.16. The first-order valence-corrected chi connectivity index (χ1v) is 8.67. The van der Waals surface area contributed by atoms with Gasteiger partial charge >= 0.3 is 6.61 Å². The van der Waals surface area contributed by atoms with Gasteiger partial charge in [0.25, 0.3) is 5.91 Å². The third-order valence-corrected chi connectivity index (χ3v) is 3.92. The average molecular weight is 413 g/mol. The summed E-state index contributed by atoms with van der Waals surface area (Å²) in [6, 6.07) is 10.3. The van der Waals surface area contributed by atoms with Crippen LogP contribution < -0.4 is 15.4 Å². The second-order valence-electron chi connectivity index (χ2n) is 5.69. The quantitative estimate of drug-likeness (QED) is 0.618. The molecule has 2 aromatic rings. The van der Waals surface area contributed by atoms with Gasteiger partial charge in [-0.3, -0.25) is 9.59 Å². The summed E-state index contributed by atoms with van der Waals surface area (Å²) in [4.78, 5) is 24.2. The van der Waals surface area contributed by atoms with E-state index in [0.29, 0.717) is 24.4 Å². The fourth-order valence-corrected chi connectivity index (χ4v) is 2.58. The summed E-state index contributed by atoms with van der Waals surface area (Å²) >= 11 is 6.12. The van der Waals surface area contributed by atoms with E-state index in [4.69, 9.17) is 16.3 Å². The topological polar surface area (TPSA) is 76.7 Å². The largest absolute Gasteiger partial charge is 0.435 e. The van der Waals surface area contributed by atoms with E-state index in [-0.39, 0.29) is 34.6 Å². The SMILES string of the molecule is COCCNC(=O)c1ccc(NC(=O)Cc2ccc(OC(F)F)cc2)cc1Cl. The van der Waals surface area contributed by atoms with Crippen LogP contribution in [0.4, 0.5) is 14.5 Å². The Morgan fingerprint density at radius 3 is 2.46 bits per heavy atom. The molecule has 0 unspecified atom stereocenters. The molecule has 6 nitrogen and oxygen atoms in total. The number of hydrogen-bond donors (Lipinski definition) is 2. The van der Waals surface area contributed by atoms with Crippen LogP contribution in [-0.4, -0.2) is 38.7 Å². The van der Waals surface area contributed by atoms with Crippen LogP contribution in [0.25, 0.3) is 0 Å². The molecule has 0 saturated carbocycles. The minimum absolute atomic E-state index is 0.0188. The van der Waals surface area contributed by atoms with Crippen LogP contribution in [-0.2, 0) is 16.0 Å². The standard InChI is InChI=1S/C19H19ClF2N2O4/c1-27-9-8-23-18(26)15-7-4-13(11-16(15)20)24-17(25)10-12-2-5-14(6-3-12)28-19(21)22/h2-7,11,19H,8-10H2,1H3,(H,23,26)(H,24,25). The first kappa shape index (κ1) is 21.6. The summed E-state index contributed by atoms with van der Waals surface area (Å²) in [6.07, 6.45) is 0.0336. The number of anilines is 1. The maximum absolute atomic E-state index is 12.2. The molecule has 0 radical (unpaired) electrons. The van der Waals surface area contributed by atoms with Crippen molar-refractivity contribution in [2.45, 2.75) is 13.0 Å². The first-order valence-electron chi connectivity index (χ1n) is 8.29. The lowest BCUT2D eigenvalue weighted by molar-refractivity contribution is -0.115. The Morgan fingerprint density at radius 2 is 1.86 bits per heavy atom. The van der Waals surface area contributed by atoms with Crippen molar-refractivity contribution < 1.29 is 27.8 Å². The Morgan fingerprint density at radius 1 is 1.14 bits per heavy atom. The molecule has 9 heteroatoms. The lowest BCUT2D eigenvalue weighted by atomic mass is 10.1. The summed E-state index contributed by atoms with van der Waals surface area (Å²) in [7, 11) is 1.53. The van der Waals surface area contributed by atoms with E-state index in [1.165, 1.54) is 43.5 Å². The van der Waals surface area contributed by atoms with Crippen LogP contribution in [0.1, 0.15) is 15.9 Å². The zero-order valence-corrected chi connectivity index (χ0v) is 15.8. The number of hydrogen-bond acceptors (Lipinski definition) is 4. The Bertz CT molecular complexity index is 816. The fraction of sp³-hybridized carbons (Fsp3) is 0.263. The molecule has 0 bridgehead atoms. The van der Waals surface area contributed by atoms with Gasteiger partial charge in [0.15, 0.2) is 0 Å². The van der Waals surface area contributed by atoms with Crippen molar-refractivity contribution in [3.8, 4) is 5.75 Å². The number of amides is 2. The molecule has 2 amide bonds. The molecule has 2 rings (SSSR count). The minimum Gasteiger partial charge on any atom is -0.435 e. The van der Waals surface area contributed by atoms with E-state index >= 15 is 0 Å². The van der Waals surface area contributed by atoms with E-state index in [9.17, 15) is 18.4 Å². The molecule has 0 aliphatic rings. The highest BCUT2D eigenvalue weighted by atomic mass is 35.5. The molecule has 150 valence electrons. The molecule has 0 heterocycles. The van der Waals surface area contributed by atoms with Crippen molar-refractivity contribution in [1.29, 1.82) is 0 Å². The molecule has 0 aromatic heterocycles. The van der Waals surface area contributed by atoms with Crippen molar-refractivity contribution in [1.82, 2.24) is 5.32 Å². The highest BCUT2D eigenvalue weighted by Crippen LogP contribution is 2.21. The second kappa shape index (κ2) is 10.6. The van der Waals surface area contributed by atoms with Crippen molar-refractivity contribution in [3.05, 3.63) is 58.6 Å². The fourth-order valence-electron chi connectivity index (χ4n) is 2.32. The highest BCUT2D eigenvalue weighted by molar-refractivity contribution is 6.34. The monoisotopic (exact) mass is 412 g/mol. The first-order chi connectivity index (χ1) is 13.4. The molecule has 28 heavy (non-hydrogen) atoms. The van der Waals surface area contributed by atoms with Gasteiger partial charge in [0.2, 0.25) is 5.91 Å². The smallest absolute Gasteiger partial charge is 0.387 e. The molecular weight excluding hydrogens is 394 g/mol. The van der Waals surface area contributed by atoms with Crippen LogP contribution in [0.2, 0.25) is 5.02 Å². The van der Waals surface area contributed by atoms with Crippen molar-refractivity contribution in [2.75, 3.05) is 25.6 Å². The predicted molar refractivity (Wildman–Crippen MR) is 101 cm³/mol. The molecule has 0 fully saturated rings. The molecule has 0 aliphatic carbocycles. The molecule has 2 N–H and O–H groups in total. The summed E-state index contributed by atoms with van der Waals surface area (Å²) in [5.74, 6) is -0.646. The molecule has 2 aromatic carbocycles. The van der Waals surface area contributed by atoms with E-state index in [1.807, 2.05) is 0 Å². The Hall–Kier alpha value is -2.71. The number of rotatable bonds is 9. The van der Waals surface area contributed by atoms with Gasteiger partial charge in [-0.1, -0.05) is 23.7 Å². The van der Waals surface area contributed by atoms with Crippen LogP contribution in [0, 0.1) is 0 Å². The third-order valence-electron chi connectivity index (χ3n) is 3.60. The zero-order chi connectivity index (χ0) is 20.5. The lowest BCUT2D eigenvalue weighted by Crippen LogP contribution is -2.27. The third kappa shape index (κ3) is 6.79. The normalized spacial score (nSPS) is 10.6. The Labute approximate surface area is 165 Å². The maximum Gasteiger partial charge on any atom is 0.387 e. The summed E-state index contributed by atoms with van der Waals surface area (Å²) < 4.78 is 33.4. The van der Waals surface area contributed by atoms with Crippen molar-refractivity contribution in [2.24, 2.45) is 0 Å². The van der Waals surface area contributed by atoms with Gasteiger partial charge in [0.05, 0.1) is 23.6 Å². The van der Waals surface area contributed by atoms with Crippen molar-refractivity contribution >= 4 is 29.1 Å². The van der Waals surface area contributed by atoms with Gasteiger partial charge in [-0.15, -0.1) is 0 Å². The summed E-state index contributed by atoms with van der Waals surface area (Å²) in [5.41, 5.74) is 1.34. The van der Waals surface area contributed by atoms with Gasteiger partial charge < -0.3 is 20.1 Å². The number of halogens is 3. The Kier molecular flexibility index (Phi) is 8.16. The summed E-state index contributed by atoms with van der Waals surface area (Å²) in [5, 5.41) is 5.52. The van der Waals surface area contributed by atoms with Gasteiger partial charge in [-0.2, -0.15) is 8.78 Å². The van der Waals surface area contributed by atoms with Gasteiger partial charge in [0.1, 0.15) is 5.75 Å². The highest BCUT2D eigenvalue weighted by Gasteiger charge is 2.12. The zero-order valence-electron chi connectivity index (χ0n) is 15.0. The molecule has 0 spiro atoms. The number of nitrogens with one attached hydrogen (secondary N) is 2. The van der Waals surface area contributed by atoms with E-state index < -0.39 is 6.61 Å². The number of carbonyl (C=O) groups excluding carboxylic acids is 2. The molecule has 0 saturated heterocycles. The van der Waals surface area contributed by atoms with Gasteiger partial charge in [0, 0.05) is 19.3 Å². The van der Waals surface area contributed by atoms with E-state index in [0.717, 1.165) is 0 Å². The number of alkyl halides is 2. The average Bonchev–Trinajstić information content (AvgIpc) is 2.63. The molecule has 0 aliphatic heterocycles. The van der Waals surface area contributed by atoms with E-state index in [2.05, 4.69) is 15.4 Å². The van der Waals surface area contributed by atoms with Crippen molar-refractivity contribution in [3.63, 3.8) is 0 Å². The number of ether oxygens (including phenoxy) is 2.